The summed E-state index contributed by atoms with van der Waals surface area (Å²) in [4.78, 5) is 14.3. The zero-order valence-corrected chi connectivity index (χ0v) is 12.5. The van der Waals surface area contributed by atoms with E-state index in [1.807, 2.05) is 0 Å². The Morgan fingerprint density at radius 2 is 2.30 bits per heavy atom. The lowest BCUT2D eigenvalue weighted by Gasteiger charge is -2.16. The SMILES string of the molecule is CCCNC(=O)C(CN)Cc1ccc2c(c1)CCN2C. The first-order valence-corrected chi connectivity index (χ1v) is 7.46. The van der Waals surface area contributed by atoms with Crippen molar-refractivity contribution in [2.75, 3.05) is 31.6 Å². The minimum absolute atomic E-state index is 0.0759. The van der Waals surface area contributed by atoms with Gasteiger partial charge in [-0.15, -0.1) is 0 Å². The molecule has 3 N–H and O–H groups in total. The number of nitrogens with two attached hydrogens (primary N) is 1. The van der Waals surface area contributed by atoms with Crippen LogP contribution in [0.15, 0.2) is 18.2 Å². The van der Waals surface area contributed by atoms with Gasteiger partial charge >= 0.3 is 0 Å². The standard InChI is InChI=1S/C16H25N3O/c1-3-7-18-16(20)14(11-17)10-12-4-5-15-13(9-12)6-8-19(15)2/h4-5,9,14H,3,6-8,10-11,17H2,1-2H3,(H,18,20). The quantitative estimate of drug-likeness (QED) is 0.823. The van der Waals surface area contributed by atoms with E-state index in [2.05, 4.69) is 42.4 Å². The molecule has 0 aromatic heterocycles. The molecule has 110 valence electrons. The van der Waals surface area contributed by atoms with E-state index in [-0.39, 0.29) is 11.8 Å². The third-order valence-electron chi connectivity index (χ3n) is 3.96. The molecule has 0 fully saturated rings. The number of carbonyl (C=O) groups is 1. The highest BCUT2D eigenvalue weighted by atomic mass is 16.1. The van der Waals surface area contributed by atoms with Crippen LogP contribution in [0.25, 0.3) is 0 Å². The van der Waals surface area contributed by atoms with Gasteiger partial charge in [0.15, 0.2) is 0 Å². The molecular formula is C16H25N3O. The molecule has 2 rings (SSSR count). The summed E-state index contributed by atoms with van der Waals surface area (Å²) in [6.45, 7) is 4.25. The van der Waals surface area contributed by atoms with Gasteiger partial charge in [-0.25, -0.2) is 0 Å². The highest BCUT2D eigenvalue weighted by Crippen LogP contribution is 2.28. The number of benzene rings is 1. The van der Waals surface area contributed by atoms with Crippen LogP contribution in [0.1, 0.15) is 24.5 Å². The maximum Gasteiger partial charge on any atom is 0.224 e. The number of likely N-dealkylation sites (N-methyl/N-ethyl adjacent to an activating group) is 1. The molecule has 0 saturated carbocycles. The minimum Gasteiger partial charge on any atom is -0.374 e. The van der Waals surface area contributed by atoms with Gasteiger partial charge in [0.1, 0.15) is 0 Å². The smallest absolute Gasteiger partial charge is 0.224 e. The Kier molecular flexibility index (Phi) is 5.01. The Bertz CT molecular complexity index is 473. The molecule has 1 amide bonds. The van der Waals surface area contributed by atoms with E-state index in [1.165, 1.54) is 16.8 Å². The highest BCUT2D eigenvalue weighted by molar-refractivity contribution is 5.79. The largest absolute Gasteiger partial charge is 0.374 e. The summed E-state index contributed by atoms with van der Waals surface area (Å²) in [5.41, 5.74) is 9.67. The van der Waals surface area contributed by atoms with E-state index in [1.54, 1.807) is 0 Å². The molecule has 1 unspecified atom stereocenters. The van der Waals surface area contributed by atoms with Crippen molar-refractivity contribution in [2.45, 2.75) is 26.2 Å². The summed E-state index contributed by atoms with van der Waals surface area (Å²) >= 11 is 0. The van der Waals surface area contributed by atoms with Gasteiger partial charge < -0.3 is 16.0 Å². The topological polar surface area (TPSA) is 58.4 Å². The molecule has 0 spiro atoms. The van der Waals surface area contributed by atoms with Crippen molar-refractivity contribution in [1.82, 2.24) is 5.32 Å². The van der Waals surface area contributed by atoms with E-state index in [0.717, 1.165) is 32.4 Å². The second-order valence-corrected chi connectivity index (χ2v) is 5.56. The van der Waals surface area contributed by atoms with E-state index >= 15 is 0 Å². The highest BCUT2D eigenvalue weighted by Gasteiger charge is 2.19. The van der Waals surface area contributed by atoms with Crippen LogP contribution in [0, 0.1) is 5.92 Å². The maximum atomic E-state index is 12.0. The van der Waals surface area contributed by atoms with Gasteiger partial charge in [-0.3, -0.25) is 4.79 Å². The van der Waals surface area contributed by atoms with Crippen LogP contribution in [0.2, 0.25) is 0 Å². The van der Waals surface area contributed by atoms with Crippen molar-refractivity contribution in [1.29, 1.82) is 0 Å². The zero-order valence-electron chi connectivity index (χ0n) is 12.5. The Labute approximate surface area is 121 Å². The maximum absolute atomic E-state index is 12.0. The van der Waals surface area contributed by atoms with Crippen molar-refractivity contribution in [3.8, 4) is 0 Å². The normalized spacial score (nSPS) is 15.1. The molecule has 20 heavy (non-hydrogen) atoms. The van der Waals surface area contributed by atoms with E-state index in [4.69, 9.17) is 5.73 Å². The first-order valence-electron chi connectivity index (χ1n) is 7.46. The lowest BCUT2D eigenvalue weighted by atomic mass is 9.96. The molecule has 1 aromatic rings. The first kappa shape index (κ1) is 14.9. The van der Waals surface area contributed by atoms with Gasteiger partial charge in [-0.05, 0) is 36.5 Å². The van der Waals surface area contributed by atoms with Crippen LogP contribution in [0.3, 0.4) is 0 Å². The van der Waals surface area contributed by atoms with E-state index in [9.17, 15) is 4.79 Å². The van der Waals surface area contributed by atoms with Gasteiger partial charge in [-0.2, -0.15) is 0 Å². The average molecular weight is 275 g/mol. The number of hydrogen-bond acceptors (Lipinski definition) is 3. The molecular weight excluding hydrogens is 250 g/mol. The molecule has 4 nitrogen and oxygen atoms in total. The molecule has 1 atom stereocenters. The number of anilines is 1. The second kappa shape index (κ2) is 6.75. The van der Waals surface area contributed by atoms with Crippen molar-refractivity contribution >= 4 is 11.6 Å². The summed E-state index contributed by atoms with van der Waals surface area (Å²) in [5, 5.41) is 2.94. The monoisotopic (exact) mass is 275 g/mol. The van der Waals surface area contributed by atoms with Gasteiger partial charge in [0, 0.05) is 32.4 Å². The minimum atomic E-state index is -0.126. The van der Waals surface area contributed by atoms with Gasteiger partial charge in [-0.1, -0.05) is 19.1 Å². The van der Waals surface area contributed by atoms with E-state index in [0.29, 0.717) is 6.54 Å². The van der Waals surface area contributed by atoms with Crippen molar-refractivity contribution < 1.29 is 4.79 Å². The molecule has 4 heteroatoms. The number of rotatable bonds is 6. The fourth-order valence-corrected chi connectivity index (χ4v) is 2.71. The summed E-state index contributed by atoms with van der Waals surface area (Å²) < 4.78 is 0. The molecule has 0 aliphatic carbocycles. The summed E-state index contributed by atoms with van der Waals surface area (Å²) in [7, 11) is 2.12. The van der Waals surface area contributed by atoms with Gasteiger partial charge in [0.05, 0.1) is 5.92 Å². The fraction of sp³-hybridized carbons (Fsp3) is 0.562. The van der Waals surface area contributed by atoms with E-state index < -0.39 is 0 Å². The van der Waals surface area contributed by atoms with Gasteiger partial charge in [0.25, 0.3) is 0 Å². The lowest BCUT2D eigenvalue weighted by molar-refractivity contribution is -0.124. The Morgan fingerprint density at radius 1 is 1.50 bits per heavy atom. The molecule has 1 aliphatic rings. The average Bonchev–Trinajstić information content (AvgIpc) is 2.83. The number of hydrogen-bond donors (Lipinski definition) is 2. The van der Waals surface area contributed by atoms with Crippen LogP contribution in [0.4, 0.5) is 5.69 Å². The number of nitrogens with one attached hydrogen (secondary N) is 1. The Hall–Kier alpha value is -1.55. The number of nitrogens with zero attached hydrogens (tertiary/aromatic N) is 1. The fourth-order valence-electron chi connectivity index (χ4n) is 2.71. The third kappa shape index (κ3) is 3.31. The van der Waals surface area contributed by atoms with Crippen LogP contribution in [0.5, 0.6) is 0 Å². The zero-order chi connectivity index (χ0) is 14.5. The predicted molar refractivity (Wildman–Crippen MR) is 83.0 cm³/mol. The summed E-state index contributed by atoms with van der Waals surface area (Å²) in [6.07, 6.45) is 2.77. The third-order valence-corrected chi connectivity index (χ3v) is 3.96. The first-order chi connectivity index (χ1) is 9.65. The second-order valence-electron chi connectivity index (χ2n) is 5.56. The lowest BCUT2D eigenvalue weighted by Crippen LogP contribution is -2.36. The molecule has 1 aliphatic heterocycles. The Balaban J connectivity index is 2.03. The summed E-state index contributed by atoms with van der Waals surface area (Å²) in [6, 6.07) is 6.51. The van der Waals surface area contributed by atoms with Crippen LogP contribution < -0.4 is 16.0 Å². The number of fused-ring (bicyclic) bond motifs is 1. The van der Waals surface area contributed by atoms with Crippen molar-refractivity contribution in [3.63, 3.8) is 0 Å². The van der Waals surface area contributed by atoms with Crippen molar-refractivity contribution in [3.05, 3.63) is 29.3 Å². The Morgan fingerprint density at radius 3 is 3.00 bits per heavy atom. The number of carbonyl (C=O) groups excluding carboxylic acids is 1. The molecule has 0 bridgehead atoms. The molecule has 0 saturated heterocycles. The van der Waals surface area contributed by atoms with Gasteiger partial charge in [0.2, 0.25) is 5.91 Å². The van der Waals surface area contributed by atoms with Crippen LogP contribution in [-0.2, 0) is 17.6 Å². The molecule has 1 heterocycles. The van der Waals surface area contributed by atoms with Crippen molar-refractivity contribution in [2.24, 2.45) is 11.7 Å². The predicted octanol–water partition coefficient (Wildman–Crippen LogP) is 1.32. The summed E-state index contributed by atoms with van der Waals surface area (Å²) in [5.74, 6) is -0.0503. The van der Waals surface area contributed by atoms with Crippen LogP contribution in [-0.4, -0.2) is 32.6 Å². The molecule has 0 radical (unpaired) electrons. The molecule has 1 aromatic carbocycles. The number of amides is 1. The van der Waals surface area contributed by atoms with Crippen LogP contribution >= 0.6 is 0 Å².